The average molecular weight is 578 g/mol. The lowest BCUT2D eigenvalue weighted by Gasteiger charge is -2.38. The number of nitrogens with zero attached hydrogens (tertiary/aromatic N) is 5. The van der Waals surface area contributed by atoms with Crippen LogP contribution in [0, 0.1) is 9.62 Å². The largest absolute Gasteiger partial charge is 0.359 e. The van der Waals surface area contributed by atoms with Crippen molar-refractivity contribution in [2.24, 2.45) is 5.92 Å². The molecule has 4 rings (SSSR count). The Bertz CT molecular complexity index is 856. The average Bonchev–Trinajstić information content (AvgIpc) is 3.04. The summed E-state index contributed by atoms with van der Waals surface area (Å²) in [4.78, 5) is 12.4. The highest BCUT2D eigenvalue weighted by molar-refractivity contribution is 14.1. The Labute approximate surface area is 190 Å². The van der Waals surface area contributed by atoms with Crippen LogP contribution in [0.25, 0.3) is 11.2 Å². The van der Waals surface area contributed by atoms with Gasteiger partial charge in [-0.3, -0.25) is 0 Å². The Morgan fingerprint density at radius 2 is 1.86 bits per heavy atom. The molecule has 4 heterocycles. The standard InChI is InChI=1S/C19H29BrIN5OSi/c1-12-9-13-5-6-14(10-12)26(13)19-16(20)22-15-17(21)24-25(18(15)23-19)11-27-7-8-28(2,3)4/h12-14H,5-11H2,1-4H3/t12?,13-,14+. The lowest BCUT2D eigenvalue weighted by Crippen LogP contribution is -2.43. The third-order valence-electron chi connectivity index (χ3n) is 5.89. The first kappa shape index (κ1) is 21.0. The molecule has 0 aromatic carbocycles. The van der Waals surface area contributed by atoms with E-state index in [0.717, 1.165) is 43.9 Å². The second-order valence-corrected chi connectivity index (χ2v) is 16.9. The summed E-state index contributed by atoms with van der Waals surface area (Å²) in [5.74, 6) is 1.78. The van der Waals surface area contributed by atoms with Gasteiger partial charge in [-0.1, -0.05) is 26.6 Å². The van der Waals surface area contributed by atoms with Gasteiger partial charge in [0.15, 0.2) is 15.2 Å². The minimum atomic E-state index is -1.09. The van der Waals surface area contributed by atoms with Crippen LogP contribution >= 0.6 is 38.5 Å². The van der Waals surface area contributed by atoms with Gasteiger partial charge in [-0.05, 0) is 76.2 Å². The van der Waals surface area contributed by atoms with E-state index in [0.29, 0.717) is 18.8 Å². The Kier molecular flexibility index (Phi) is 6.08. The monoisotopic (exact) mass is 577 g/mol. The highest BCUT2D eigenvalue weighted by Crippen LogP contribution is 2.43. The predicted molar refractivity (Wildman–Crippen MR) is 128 cm³/mol. The lowest BCUT2D eigenvalue weighted by molar-refractivity contribution is 0.0810. The summed E-state index contributed by atoms with van der Waals surface area (Å²) in [5.41, 5.74) is 1.68. The van der Waals surface area contributed by atoms with Crippen LogP contribution < -0.4 is 4.90 Å². The van der Waals surface area contributed by atoms with Crippen molar-refractivity contribution in [2.75, 3.05) is 11.5 Å². The van der Waals surface area contributed by atoms with Crippen LogP contribution in [0.5, 0.6) is 0 Å². The van der Waals surface area contributed by atoms with Gasteiger partial charge in [-0.25, -0.2) is 14.6 Å². The van der Waals surface area contributed by atoms with Gasteiger partial charge in [0, 0.05) is 26.8 Å². The molecule has 2 bridgehead atoms. The number of halogens is 2. The summed E-state index contributed by atoms with van der Waals surface area (Å²) >= 11 is 5.94. The minimum Gasteiger partial charge on any atom is -0.359 e. The van der Waals surface area contributed by atoms with Crippen LogP contribution in [-0.2, 0) is 11.5 Å². The molecule has 0 N–H and O–H groups in total. The Morgan fingerprint density at radius 3 is 2.50 bits per heavy atom. The molecule has 6 nitrogen and oxygen atoms in total. The van der Waals surface area contributed by atoms with Crippen LogP contribution in [0.2, 0.25) is 25.7 Å². The van der Waals surface area contributed by atoms with Gasteiger partial charge in [0.2, 0.25) is 0 Å². The molecule has 0 aliphatic carbocycles. The first-order valence-corrected chi connectivity index (χ1v) is 15.8. The van der Waals surface area contributed by atoms with Crippen molar-refractivity contribution in [1.29, 1.82) is 0 Å². The number of hydrogen-bond acceptors (Lipinski definition) is 5. The van der Waals surface area contributed by atoms with Gasteiger partial charge in [0.25, 0.3) is 0 Å². The molecule has 9 heteroatoms. The second kappa shape index (κ2) is 8.11. The molecule has 0 saturated carbocycles. The maximum absolute atomic E-state index is 5.94. The lowest BCUT2D eigenvalue weighted by atomic mass is 9.92. The number of aromatic nitrogens is 4. The summed E-state index contributed by atoms with van der Waals surface area (Å²) in [6.07, 6.45) is 5.02. The van der Waals surface area contributed by atoms with E-state index < -0.39 is 8.07 Å². The summed E-state index contributed by atoms with van der Waals surface area (Å²) in [6, 6.07) is 2.32. The zero-order chi connectivity index (χ0) is 20.1. The van der Waals surface area contributed by atoms with Gasteiger partial charge in [-0.15, -0.1) is 0 Å². The fourth-order valence-electron chi connectivity index (χ4n) is 4.50. The zero-order valence-corrected chi connectivity index (χ0v) is 21.8. The van der Waals surface area contributed by atoms with E-state index in [9.17, 15) is 0 Å². The predicted octanol–water partition coefficient (Wildman–Crippen LogP) is 5.27. The van der Waals surface area contributed by atoms with Crippen LogP contribution in [-0.4, -0.2) is 46.5 Å². The van der Waals surface area contributed by atoms with Crippen LogP contribution in [0.3, 0.4) is 0 Å². The number of anilines is 1. The Hall–Kier alpha value is -0.263. The highest BCUT2D eigenvalue weighted by Gasteiger charge is 2.41. The van der Waals surface area contributed by atoms with E-state index in [4.69, 9.17) is 14.7 Å². The van der Waals surface area contributed by atoms with Crippen molar-refractivity contribution in [2.45, 2.75) is 77.1 Å². The van der Waals surface area contributed by atoms with Gasteiger partial charge in [-0.2, -0.15) is 5.10 Å². The first-order chi connectivity index (χ1) is 13.2. The van der Waals surface area contributed by atoms with E-state index in [1.807, 2.05) is 4.68 Å². The molecule has 28 heavy (non-hydrogen) atoms. The van der Waals surface area contributed by atoms with Crippen molar-refractivity contribution < 1.29 is 4.74 Å². The molecular formula is C19H29BrIN5OSi. The molecule has 1 unspecified atom stereocenters. The molecule has 0 radical (unpaired) electrons. The van der Waals surface area contributed by atoms with Gasteiger partial charge in [0.05, 0.1) is 0 Å². The van der Waals surface area contributed by atoms with Gasteiger partial charge >= 0.3 is 0 Å². The second-order valence-electron chi connectivity index (χ2n) is 9.52. The SMILES string of the molecule is CC1C[C@H]2CC[C@@H](C1)N2c1nc2c(nc1Br)c(I)nn2COCC[Si](C)(C)C. The van der Waals surface area contributed by atoms with Crippen molar-refractivity contribution >= 4 is 63.6 Å². The van der Waals surface area contributed by atoms with E-state index in [1.54, 1.807) is 0 Å². The molecule has 3 atom stereocenters. The zero-order valence-electron chi connectivity index (χ0n) is 17.1. The van der Waals surface area contributed by atoms with Gasteiger partial charge < -0.3 is 9.64 Å². The number of piperidine rings is 1. The molecule has 2 aliphatic heterocycles. The number of rotatable bonds is 6. The third-order valence-corrected chi connectivity index (χ3v) is 8.85. The normalized spacial score (nSPS) is 25.1. The van der Waals surface area contributed by atoms with Gasteiger partial charge in [0.1, 0.15) is 16.9 Å². The first-order valence-electron chi connectivity index (χ1n) is 10.2. The number of ether oxygens (including phenoxy) is 1. The summed E-state index contributed by atoms with van der Waals surface area (Å²) in [7, 11) is -1.09. The summed E-state index contributed by atoms with van der Waals surface area (Å²) < 4.78 is 9.52. The molecule has 2 aromatic rings. The number of hydrogen-bond donors (Lipinski definition) is 0. The topological polar surface area (TPSA) is 56.1 Å². The van der Waals surface area contributed by atoms with Crippen LogP contribution in [0.15, 0.2) is 4.60 Å². The molecule has 2 aliphatic rings. The molecule has 0 amide bonds. The van der Waals surface area contributed by atoms with Crippen molar-refractivity contribution in [3.8, 4) is 0 Å². The van der Waals surface area contributed by atoms with Crippen LogP contribution in [0.4, 0.5) is 5.82 Å². The maximum Gasteiger partial charge on any atom is 0.182 e. The molecular weight excluding hydrogens is 549 g/mol. The van der Waals surface area contributed by atoms with Crippen LogP contribution in [0.1, 0.15) is 32.6 Å². The van der Waals surface area contributed by atoms with Crippen molar-refractivity contribution in [3.63, 3.8) is 0 Å². The minimum absolute atomic E-state index is 0.434. The Morgan fingerprint density at radius 1 is 1.18 bits per heavy atom. The quantitative estimate of drug-likeness (QED) is 0.266. The smallest absolute Gasteiger partial charge is 0.182 e. The van der Waals surface area contributed by atoms with E-state index in [-0.39, 0.29) is 0 Å². The fourth-order valence-corrected chi connectivity index (χ4v) is 6.34. The van der Waals surface area contributed by atoms with E-state index >= 15 is 0 Å². The number of fused-ring (bicyclic) bond motifs is 3. The fraction of sp³-hybridized carbons (Fsp3) is 0.737. The molecule has 0 spiro atoms. The highest BCUT2D eigenvalue weighted by atomic mass is 127. The Balaban J connectivity index is 1.60. The summed E-state index contributed by atoms with van der Waals surface area (Å²) in [5, 5.41) is 4.64. The van der Waals surface area contributed by atoms with Crippen molar-refractivity contribution in [3.05, 3.63) is 8.30 Å². The molecule has 2 aromatic heterocycles. The molecule has 2 fully saturated rings. The van der Waals surface area contributed by atoms with Crippen molar-refractivity contribution in [1.82, 2.24) is 19.7 Å². The summed E-state index contributed by atoms with van der Waals surface area (Å²) in [6.45, 7) is 10.7. The molecule has 2 saturated heterocycles. The maximum atomic E-state index is 5.94. The third kappa shape index (κ3) is 4.27. The van der Waals surface area contributed by atoms with E-state index in [2.05, 4.69) is 75.1 Å². The van der Waals surface area contributed by atoms with E-state index in [1.165, 1.54) is 25.7 Å². The molecule has 154 valence electrons.